The summed E-state index contributed by atoms with van der Waals surface area (Å²) in [6, 6.07) is 1.19. The molecule has 0 aromatic carbocycles. The molecule has 3 aliphatic heterocycles. The minimum absolute atomic E-state index is 0. The van der Waals surface area contributed by atoms with Crippen LogP contribution in [0, 0.1) is 5.92 Å². The Morgan fingerprint density at radius 3 is 2.76 bits per heavy atom. The van der Waals surface area contributed by atoms with Gasteiger partial charge in [0.2, 0.25) is 0 Å². The zero-order chi connectivity index (χ0) is 17.0. The van der Waals surface area contributed by atoms with Crippen molar-refractivity contribution < 1.29 is 27.2 Å². The Bertz CT molecular complexity index is 777. The number of nitrogens with zero attached hydrogens (tertiary/aromatic N) is 1. The number of aromatic amines is 2. The summed E-state index contributed by atoms with van der Waals surface area (Å²) in [6.07, 6.45) is -0.138. The van der Waals surface area contributed by atoms with Crippen LogP contribution in [-0.2, 0) is 0 Å². The van der Waals surface area contributed by atoms with Gasteiger partial charge in [0.15, 0.2) is 0 Å². The molecule has 0 aliphatic carbocycles. The third-order valence-corrected chi connectivity index (χ3v) is 5.54. The van der Waals surface area contributed by atoms with Crippen molar-refractivity contribution in [1.29, 1.82) is 0 Å². The minimum atomic E-state index is -1.02. The molecule has 25 heavy (non-hydrogen) atoms. The molecule has 0 saturated carbocycles. The van der Waals surface area contributed by atoms with Gasteiger partial charge < -0.3 is 27.6 Å². The van der Waals surface area contributed by atoms with Gasteiger partial charge in [0.05, 0.1) is 24.4 Å². The second-order valence-corrected chi connectivity index (χ2v) is 6.99. The molecule has 4 rings (SSSR count). The summed E-state index contributed by atoms with van der Waals surface area (Å²) in [7, 11) is 0. The summed E-state index contributed by atoms with van der Waals surface area (Å²) in [5.41, 5.74) is -0.990. The first-order chi connectivity index (χ1) is 11.4. The molecule has 0 bridgehead atoms. The summed E-state index contributed by atoms with van der Waals surface area (Å²) in [5.74, 6) is 1.03. The molecule has 1 saturated heterocycles. The number of halogens is 1. The van der Waals surface area contributed by atoms with E-state index in [1.54, 1.807) is 0 Å². The molecule has 1 aromatic rings. The van der Waals surface area contributed by atoms with E-state index in [4.69, 9.17) is 0 Å². The maximum atomic E-state index is 11.5. The first-order valence-corrected chi connectivity index (χ1v) is 8.29. The number of hydrogen-bond acceptors (Lipinski definition) is 6. The molecule has 1 aromatic heterocycles. The largest absolute Gasteiger partial charge is 1.00 e. The molecule has 0 amide bonds. The number of nitrogens with one attached hydrogen (secondary N) is 4. The molecular formula is C15H22ClN5O4. The lowest BCUT2D eigenvalue weighted by Crippen LogP contribution is -3.00. The highest BCUT2D eigenvalue weighted by atomic mass is 35.5. The highest BCUT2D eigenvalue weighted by molar-refractivity contribution is 5.77. The van der Waals surface area contributed by atoms with Crippen LogP contribution in [-0.4, -0.2) is 61.5 Å². The number of piperidine rings is 1. The zero-order valence-corrected chi connectivity index (χ0v) is 14.5. The fraction of sp³-hybridized carbons (Fsp3) is 0.667. The van der Waals surface area contributed by atoms with Crippen LogP contribution in [0.2, 0.25) is 0 Å². The molecule has 0 radical (unpaired) electrons. The first-order valence-electron chi connectivity index (χ1n) is 8.29. The minimum Gasteiger partial charge on any atom is -1.00 e. The van der Waals surface area contributed by atoms with Crippen molar-refractivity contribution in [3.8, 4) is 0 Å². The molecule has 138 valence electrons. The van der Waals surface area contributed by atoms with E-state index in [1.807, 2.05) is 0 Å². The smallest absolute Gasteiger partial charge is 0.346 e. The van der Waals surface area contributed by atoms with E-state index in [0.717, 1.165) is 12.5 Å². The normalized spacial score (nSPS) is 34.4. The number of aromatic nitrogens is 2. The Balaban J connectivity index is 0.00000182. The van der Waals surface area contributed by atoms with Gasteiger partial charge in [-0.3, -0.25) is 25.0 Å². The van der Waals surface area contributed by atoms with E-state index in [9.17, 15) is 19.8 Å². The van der Waals surface area contributed by atoms with Gasteiger partial charge in [-0.25, -0.2) is 4.79 Å². The van der Waals surface area contributed by atoms with Gasteiger partial charge in [-0.05, 0) is 0 Å². The van der Waals surface area contributed by atoms with Gasteiger partial charge in [-0.15, -0.1) is 0 Å². The van der Waals surface area contributed by atoms with Crippen molar-refractivity contribution in [3.05, 3.63) is 32.6 Å². The van der Waals surface area contributed by atoms with Crippen molar-refractivity contribution in [1.82, 2.24) is 20.6 Å². The quantitative estimate of drug-likeness (QED) is 0.287. The number of rotatable bonds is 2. The van der Waals surface area contributed by atoms with E-state index in [0.29, 0.717) is 12.8 Å². The Kier molecular flexibility index (Phi) is 4.65. The summed E-state index contributed by atoms with van der Waals surface area (Å²) in [4.78, 5) is 27.5. The van der Waals surface area contributed by atoms with Crippen LogP contribution < -0.4 is 34.3 Å². The van der Waals surface area contributed by atoms with E-state index in [2.05, 4.69) is 32.1 Å². The number of hydrogen-bond donors (Lipinski definition) is 6. The monoisotopic (exact) mass is 371 g/mol. The van der Waals surface area contributed by atoms with E-state index >= 15 is 0 Å². The fourth-order valence-corrected chi connectivity index (χ4v) is 4.25. The second-order valence-electron chi connectivity index (χ2n) is 6.99. The Morgan fingerprint density at radius 2 is 2.04 bits per heavy atom. The Labute approximate surface area is 149 Å². The molecule has 0 spiro atoms. The number of aliphatic hydroxyl groups excluding tert-OH is 2. The van der Waals surface area contributed by atoms with Crippen LogP contribution in [0.4, 0.5) is 0 Å². The predicted octanol–water partition coefficient (Wildman–Crippen LogP) is -5.43. The summed E-state index contributed by atoms with van der Waals surface area (Å²) >= 11 is 0. The van der Waals surface area contributed by atoms with Crippen molar-refractivity contribution in [2.24, 2.45) is 5.92 Å². The van der Waals surface area contributed by atoms with Crippen LogP contribution in [0.15, 0.2) is 15.7 Å². The Hall–Kier alpha value is -1.84. The molecule has 0 unspecified atom stereocenters. The van der Waals surface area contributed by atoms with Gasteiger partial charge in [0.1, 0.15) is 18.2 Å². The number of H-pyrrole nitrogens is 2. The van der Waals surface area contributed by atoms with Crippen LogP contribution in [0.5, 0.6) is 0 Å². The van der Waals surface area contributed by atoms with Crippen LogP contribution in [0.25, 0.3) is 0 Å². The average molecular weight is 372 g/mol. The average Bonchev–Trinajstić information content (AvgIpc) is 2.95. The molecule has 6 N–H and O–H groups in total. The maximum absolute atomic E-state index is 11.5. The van der Waals surface area contributed by atoms with Crippen molar-refractivity contribution in [3.63, 3.8) is 0 Å². The van der Waals surface area contributed by atoms with Gasteiger partial charge >= 0.3 is 11.6 Å². The van der Waals surface area contributed by atoms with Crippen molar-refractivity contribution >= 4 is 5.96 Å². The molecule has 1 fully saturated rings. The lowest BCUT2D eigenvalue weighted by atomic mass is 9.82. The molecule has 4 heterocycles. The van der Waals surface area contributed by atoms with Crippen molar-refractivity contribution in [2.45, 2.75) is 50.1 Å². The zero-order valence-electron chi connectivity index (χ0n) is 13.7. The maximum Gasteiger partial charge on any atom is 0.346 e. The lowest BCUT2D eigenvalue weighted by Gasteiger charge is -2.40. The second kappa shape index (κ2) is 6.47. The standard InChI is InChI=1S/C15H21N5O4.ClH/c1-6-10-5-16-14-17-8(2-7(20(10)14)3-11(6)21)13(23)9-4-12(22)19-15(24)18-9;/h4,6-8,10-11,13,21,23H,2-3,5H2,1H3,(H3,16,17,18,19,22,24);1H/t6-,7+,8-,10-,11+,13+;/m1./s1. The summed E-state index contributed by atoms with van der Waals surface area (Å²) in [5, 5.41) is 27.5. The molecule has 9 nitrogen and oxygen atoms in total. The molecule has 10 heteroatoms. The lowest BCUT2D eigenvalue weighted by molar-refractivity contribution is -0.621. The SMILES string of the molecule is C[C@@H]1[C@H]2CNC3=[N+]2[C@H](C[C@@H]1O)C[C@H]([C@H](O)c1cc(=O)[nH]c(=O)[nH]1)N3.[Cl-]. The van der Waals surface area contributed by atoms with Gasteiger partial charge in [-0.2, -0.15) is 0 Å². The topological polar surface area (TPSA) is 133 Å². The summed E-state index contributed by atoms with van der Waals surface area (Å²) in [6.45, 7) is 2.81. The Morgan fingerprint density at radius 1 is 1.28 bits per heavy atom. The number of guanidine groups is 1. The first kappa shape index (κ1) is 18.0. The van der Waals surface area contributed by atoms with E-state index < -0.39 is 17.4 Å². The third-order valence-electron chi connectivity index (χ3n) is 5.54. The fourth-order valence-electron chi connectivity index (χ4n) is 4.25. The van der Waals surface area contributed by atoms with Crippen LogP contribution in [0.3, 0.4) is 0 Å². The predicted molar refractivity (Wildman–Crippen MR) is 84.8 cm³/mol. The van der Waals surface area contributed by atoms with E-state index in [1.165, 1.54) is 6.07 Å². The third kappa shape index (κ3) is 2.96. The van der Waals surface area contributed by atoms with Gasteiger partial charge in [0, 0.05) is 24.8 Å². The van der Waals surface area contributed by atoms with Gasteiger partial charge in [-0.1, -0.05) is 6.92 Å². The van der Waals surface area contributed by atoms with Gasteiger partial charge in [0.25, 0.3) is 5.56 Å². The molecule has 3 aliphatic rings. The summed E-state index contributed by atoms with van der Waals surface area (Å²) < 4.78 is 2.27. The van der Waals surface area contributed by atoms with Crippen molar-refractivity contribution in [2.75, 3.05) is 6.54 Å². The molecular weight excluding hydrogens is 350 g/mol. The van der Waals surface area contributed by atoms with Crippen LogP contribution in [0.1, 0.15) is 31.6 Å². The number of aliphatic hydroxyl groups is 2. The molecule has 6 atom stereocenters. The highest BCUT2D eigenvalue weighted by Gasteiger charge is 2.50. The van der Waals surface area contributed by atoms with Crippen LogP contribution >= 0.6 is 0 Å². The van der Waals surface area contributed by atoms with E-state index in [-0.39, 0.29) is 48.2 Å². The highest BCUT2D eigenvalue weighted by Crippen LogP contribution is 2.33.